The number of fused-ring (bicyclic) bond motifs is 3. The third-order valence-corrected chi connectivity index (χ3v) is 5.78. The highest BCUT2D eigenvalue weighted by molar-refractivity contribution is 6.24. The smallest absolute Gasteiger partial charge is 0.0622 e. The molecular formula is C36H24. The van der Waals surface area contributed by atoms with Crippen LogP contribution >= 0.6 is 0 Å². The summed E-state index contributed by atoms with van der Waals surface area (Å²) >= 11 is 0. The zero-order valence-corrected chi connectivity index (χ0v) is 18.2. The van der Waals surface area contributed by atoms with Gasteiger partial charge in [0, 0.05) is 0 Å². The van der Waals surface area contributed by atoms with Gasteiger partial charge in [-0.3, -0.25) is 0 Å². The summed E-state index contributed by atoms with van der Waals surface area (Å²) in [7, 11) is 0. The zero-order valence-electron chi connectivity index (χ0n) is 40.2. The van der Waals surface area contributed by atoms with E-state index in [2.05, 4.69) is 0 Å². The summed E-state index contributed by atoms with van der Waals surface area (Å²) in [4.78, 5) is 0. The molecule has 0 spiro atoms. The van der Waals surface area contributed by atoms with E-state index in [1.165, 1.54) is 0 Å². The summed E-state index contributed by atoms with van der Waals surface area (Å²) in [6.07, 6.45) is 0. The number of hydrogen-bond donors (Lipinski definition) is 0. The van der Waals surface area contributed by atoms with Gasteiger partial charge < -0.3 is 0 Å². The molecule has 36 heavy (non-hydrogen) atoms. The lowest BCUT2D eigenvalue weighted by Gasteiger charge is -2.19. The topological polar surface area (TPSA) is 0 Å². The lowest BCUT2D eigenvalue weighted by atomic mass is 9.84. The highest BCUT2D eigenvalue weighted by Gasteiger charge is 2.18. The van der Waals surface area contributed by atoms with Gasteiger partial charge in [-0.1, -0.05) is 145 Å². The van der Waals surface area contributed by atoms with Crippen molar-refractivity contribution >= 4 is 32.3 Å². The zero-order chi connectivity index (χ0) is 43.0. The number of benzene rings is 7. The maximum atomic E-state index is 9.52. The van der Waals surface area contributed by atoms with Crippen LogP contribution in [0.4, 0.5) is 0 Å². The van der Waals surface area contributed by atoms with Gasteiger partial charge in [-0.25, -0.2) is 0 Å². The Kier molecular flexibility index (Phi) is 1.94. The Labute approximate surface area is 242 Å². The van der Waals surface area contributed by atoms with Crippen molar-refractivity contribution in [3.63, 3.8) is 0 Å². The number of rotatable bonds is 3. The number of hydrogen-bond acceptors (Lipinski definition) is 0. The first-order valence-corrected chi connectivity index (χ1v) is 10.7. The van der Waals surface area contributed by atoms with Crippen LogP contribution in [-0.2, 0) is 0 Å². The van der Waals surface area contributed by atoms with E-state index in [-0.39, 0.29) is 10.8 Å². The lowest BCUT2D eigenvalue weighted by Crippen LogP contribution is -1.92. The predicted octanol–water partition coefficient (Wildman–Crippen LogP) is 10.1. The van der Waals surface area contributed by atoms with Crippen molar-refractivity contribution in [1.82, 2.24) is 0 Å². The van der Waals surface area contributed by atoms with Crippen LogP contribution in [0.1, 0.15) is 30.2 Å². The molecule has 0 aromatic heterocycles. The summed E-state index contributed by atoms with van der Waals surface area (Å²) < 4.78 is 192. The average Bonchev–Trinajstić information content (AvgIpc) is 3.19. The Balaban J connectivity index is 1.90. The molecule has 0 saturated heterocycles. The molecule has 0 amide bonds. The minimum atomic E-state index is -0.891. The van der Waals surface area contributed by atoms with Crippen molar-refractivity contribution in [2.75, 3.05) is 0 Å². The molecule has 0 saturated carbocycles. The van der Waals surface area contributed by atoms with Gasteiger partial charge in [0.05, 0.1) is 30.2 Å². The SMILES string of the molecule is [2H]c1cc2c(-c3c4c([2H])c([2H])c([2H])cc4c(-c4c([2H])c([2H])c([2H])c([2H])c4[2H])c4c([2H])c([2H])c([2H])c([2H])c34)c([2H])c([2H])c(-c3c([2H])c([2H])c([2H])c([2H])c3[2H])c2c([2H])c1[2H]. The highest BCUT2D eigenvalue weighted by atomic mass is 14.2. The summed E-state index contributed by atoms with van der Waals surface area (Å²) in [5, 5.41) is -2.66. The van der Waals surface area contributed by atoms with Crippen LogP contribution in [0.15, 0.2) is 145 Å². The van der Waals surface area contributed by atoms with E-state index in [9.17, 15) is 5.48 Å². The second kappa shape index (κ2) is 8.52. The molecule has 0 radical (unpaired) electrons. The molecule has 0 heterocycles. The molecule has 7 rings (SSSR count). The molecule has 0 N–H and O–H groups in total. The van der Waals surface area contributed by atoms with Crippen molar-refractivity contribution in [2.45, 2.75) is 0 Å². The molecule has 0 nitrogen and oxygen atoms in total. The fourth-order valence-corrected chi connectivity index (χ4v) is 4.33. The monoisotopic (exact) mass is 478 g/mol. The summed E-state index contributed by atoms with van der Waals surface area (Å²) in [6.45, 7) is 0. The molecule has 0 atom stereocenters. The van der Waals surface area contributed by atoms with Crippen molar-refractivity contribution in [1.29, 1.82) is 0 Å². The van der Waals surface area contributed by atoms with Crippen LogP contribution < -0.4 is 0 Å². The molecule has 7 aromatic rings. The van der Waals surface area contributed by atoms with Crippen molar-refractivity contribution in [3.05, 3.63) is 145 Å². The maximum absolute atomic E-state index is 9.52. The Bertz CT molecular complexity index is 3020. The third kappa shape index (κ3) is 3.23. The quantitative estimate of drug-likeness (QED) is 0.222. The van der Waals surface area contributed by atoms with E-state index < -0.39 is 188 Å². The van der Waals surface area contributed by atoms with E-state index >= 15 is 0 Å². The molecule has 0 aliphatic rings. The first kappa shape index (κ1) is 8.18. The molecular weight excluding hydrogens is 432 g/mol. The van der Waals surface area contributed by atoms with E-state index in [1.54, 1.807) is 0 Å². The van der Waals surface area contributed by atoms with Gasteiger partial charge in [-0.2, -0.15) is 0 Å². The first-order chi connectivity index (χ1) is 27.0. The molecule has 0 aliphatic heterocycles. The Morgan fingerprint density at radius 1 is 0.306 bits per heavy atom. The molecule has 168 valence electrons. The summed E-state index contributed by atoms with van der Waals surface area (Å²) in [5.74, 6) is 0. The Morgan fingerprint density at radius 2 is 0.778 bits per heavy atom. The Hall–Kier alpha value is -4.68. The van der Waals surface area contributed by atoms with Gasteiger partial charge in [0.1, 0.15) is 0 Å². The van der Waals surface area contributed by atoms with Crippen LogP contribution in [0, 0.1) is 0 Å². The van der Waals surface area contributed by atoms with Gasteiger partial charge in [-0.05, 0) is 65.7 Å². The standard InChI is InChI=1S/C36H24/c1-3-13-25(14-4-1)27-23-24-34(29-18-8-7-17-28(27)29)36-32-21-11-9-19-30(32)35(26-15-5-2-6-16-26)31-20-10-12-22-33(31)36/h1-24H/i1D,2D,3D,4D,5D,6D,7D,8D,9D,10D,11D,12D,13D,14D,15D,16D,17D,19D,21D,22D,23D,24D. The van der Waals surface area contributed by atoms with Crippen molar-refractivity contribution in [2.24, 2.45) is 0 Å². The largest absolute Gasteiger partial charge is 0.0630 e. The fraction of sp³-hybridized carbons (Fsp3) is 0. The molecule has 0 fully saturated rings. The van der Waals surface area contributed by atoms with Crippen LogP contribution in [0.5, 0.6) is 0 Å². The molecule has 0 bridgehead atoms. The lowest BCUT2D eigenvalue weighted by molar-refractivity contribution is 1.64. The van der Waals surface area contributed by atoms with Gasteiger partial charge in [0.2, 0.25) is 0 Å². The average molecular weight is 479 g/mol. The summed E-state index contributed by atoms with van der Waals surface area (Å²) in [6, 6.07) is -15.6. The van der Waals surface area contributed by atoms with Gasteiger partial charge >= 0.3 is 0 Å². The van der Waals surface area contributed by atoms with Crippen LogP contribution in [0.25, 0.3) is 65.7 Å². The second-order valence-corrected chi connectivity index (χ2v) is 7.65. The summed E-state index contributed by atoms with van der Waals surface area (Å²) in [5.41, 5.74) is -3.17. The van der Waals surface area contributed by atoms with Crippen LogP contribution in [-0.4, -0.2) is 0 Å². The Morgan fingerprint density at radius 3 is 1.47 bits per heavy atom. The van der Waals surface area contributed by atoms with Gasteiger partial charge in [-0.15, -0.1) is 0 Å². The van der Waals surface area contributed by atoms with Crippen molar-refractivity contribution in [3.8, 4) is 33.4 Å². The second-order valence-electron chi connectivity index (χ2n) is 7.65. The van der Waals surface area contributed by atoms with E-state index in [0.717, 1.165) is 12.1 Å². The first-order valence-electron chi connectivity index (χ1n) is 21.7. The highest BCUT2D eigenvalue weighted by Crippen LogP contribution is 2.46. The molecule has 0 aliphatic carbocycles. The van der Waals surface area contributed by atoms with E-state index in [4.69, 9.17) is 24.7 Å². The normalized spacial score (nSPS) is 19.9. The van der Waals surface area contributed by atoms with E-state index in [0.29, 0.717) is 0 Å². The minimum Gasteiger partial charge on any atom is -0.0622 e. The minimum absolute atomic E-state index is 0.333. The third-order valence-electron chi connectivity index (χ3n) is 5.78. The molecule has 0 unspecified atom stereocenters. The van der Waals surface area contributed by atoms with Gasteiger partial charge in [0.15, 0.2) is 0 Å². The van der Waals surface area contributed by atoms with Crippen molar-refractivity contribution < 1.29 is 30.2 Å². The van der Waals surface area contributed by atoms with Crippen LogP contribution in [0.3, 0.4) is 0 Å². The van der Waals surface area contributed by atoms with Crippen LogP contribution in [0.2, 0.25) is 0 Å². The predicted molar refractivity (Wildman–Crippen MR) is 155 cm³/mol. The van der Waals surface area contributed by atoms with Gasteiger partial charge in [0.25, 0.3) is 0 Å². The molecule has 7 aromatic carbocycles. The van der Waals surface area contributed by atoms with E-state index in [1.807, 2.05) is 0 Å². The molecule has 0 heteroatoms. The maximum Gasteiger partial charge on any atom is 0.0630 e. The fourth-order valence-electron chi connectivity index (χ4n) is 4.33.